The van der Waals surface area contributed by atoms with Crippen LogP contribution in [0.25, 0.3) is 0 Å². The Bertz CT molecular complexity index is 431. The Morgan fingerprint density at radius 2 is 1.93 bits per heavy atom. The van der Waals surface area contributed by atoms with Crippen LogP contribution in [0.4, 0.5) is 0 Å². The van der Waals surface area contributed by atoms with Crippen molar-refractivity contribution in [2.24, 2.45) is 0 Å². The molecule has 2 nitrogen and oxygen atoms in total. The number of benzene rings is 1. The van der Waals surface area contributed by atoms with Crippen molar-refractivity contribution < 1.29 is 4.74 Å². The summed E-state index contributed by atoms with van der Waals surface area (Å²) in [6.45, 7) is 0.561. The van der Waals surface area contributed by atoms with Crippen LogP contribution in [0.3, 0.4) is 0 Å². The third-order valence-corrected chi connectivity index (χ3v) is 2.37. The van der Waals surface area contributed by atoms with Crippen molar-refractivity contribution in [2.45, 2.75) is 6.61 Å². The summed E-state index contributed by atoms with van der Waals surface area (Å²) >= 11 is 3.32. The van der Waals surface area contributed by atoms with Gasteiger partial charge in [0.05, 0.1) is 0 Å². The van der Waals surface area contributed by atoms with Crippen LogP contribution in [0.2, 0.25) is 0 Å². The largest absolute Gasteiger partial charge is 0.489 e. The van der Waals surface area contributed by atoms with E-state index in [0.717, 1.165) is 15.9 Å². The molecular formula is C12H10BrNO. The Kier molecular flexibility index (Phi) is 3.35. The molecule has 0 amide bonds. The quantitative estimate of drug-likeness (QED) is 0.792. The molecule has 2 aromatic rings. The van der Waals surface area contributed by atoms with E-state index in [1.165, 1.54) is 0 Å². The highest BCUT2D eigenvalue weighted by Crippen LogP contribution is 2.13. The maximum absolute atomic E-state index is 5.60. The Labute approximate surface area is 97.1 Å². The monoisotopic (exact) mass is 263 g/mol. The number of rotatable bonds is 3. The van der Waals surface area contributed by atoms with Crippen LogP contribution in [0.1, 0.15) is 5.56 Å². The third kappa shape index (κ3) is 3.06. The van der Waals surface area contributed by atoms with Gasteiger partial charge in [0.2, 0.25) is 0 Å². The first-order valence-electron chi connectivity index (χ1n) is 4.63. The molecule has 0 N–H and O–H groups in total. The van der Waals surface area contributed by atoms with Gasteiger partial charge in [-0.1, -0.05) is 18.2 Å². The topological polar surface area (TPSA) is 22.1 Å². The number of aromatic nitrogens is 1. The number of hydrogen-bond donors (Lipinski definition) is 0. The van der Waals surface area contributed by atoms with Gasteiger partial charge in [0.15, 0.2) is 0 Å². The molecule has 0 radical (unpaired) electrons. The maximum Gasteiger partial charge on any atom is 0.119 e. The van der Waals surface area contributed by atoms with Gasteiger partial charge in [-0.05, 0) is 45.8 Å². The van der Waals surface area contributed by atoms with E-state index >= 15 is 0 Å². The number of hydrogen-bond acceptors (Lipinski definition) is 2. The lowest BCUT2D eigenvalue weighted by Crippen LogP contribution is -1.95. The summed E-state index contributed by atoms with van der Waals surface area (Å²) in [5.74, 6) is 0.880. The second-order valence-electron chi connectivity index (χ2n) is 3.09. The van der Waals surface area contributed by atoms with E-state index in [1.807, 2.05) is 42.5 Å². The molecule has 0 saturated heterocycles. The van der Waals surface area contributed by atoms with Crippen molar-refractivity contribution in [1.82, 2.24) is 4.98 Å². The van der Waals surface area contributed by atoms with E-state index in [0.29, 0.717) is 6.61 Å². The average molecular weight is 264 g/mol. The minimum absolute atomic E-state index is 0.561. The summed E-state index contributed by atoms with van der Waals surface area (Å²) in [5, 5.41) is 0. The van der Waals surface area contributed by atoms with Crippen LogP contribution in [0, 0.1) is 0 Å². The van der Waals surface area contributed by atoms with E-state index in [-0.39, 0.29) is 0 Å². The molecule has 2 rings (SSSR count). The summed E-state index contributed by atoms with van der Waals surface area (Å²) in [7, 11) is 0. The van der Waals surface area contributed by atoms with Crippen LogP contribution in [-0.2, 0) is 6.61 Å². The molecule has 3 heteroatoms. The molecule has 15 heavy (non-hydrogen) atoms. The first kappa shape index (κ1) is 10.2. The van der Waals surface area contributed by atoms with Gasteiger partial charge in [0, 0.05) is 6.20 Å². The van der Waals surface area contributed by atoms with Gasteiger partial charge in [-0.3, -0.25) is 0 Å². The van der Waals surface area contributed by atoms with Gasteiger partial charge in [0.25, 0.3) is 0 Å². The molecule has 0 atom stereocenters. The molecule has 0 saturated carbocycles. The first-order chi connectivity index (χ1) is 7.34. The van der Waals surface area contributed by atoms with Crippen molar-refractivity contribution in [3.8, 4) is 5.75 Å². The van der Waals surface area contributed by atoms with E-state index in [4.69, 9.17) is 4.74 Å². The smallest absolute Gasteiger partial charge is 0.119 e. The highest BCUT2D eigenvalue weighted by Gasteiger charge is 1.96. The molecule has 76 valence electrons. The summed E-state index contributed by atoms with van der Waals surface area (Å²) in [4.78, 5) is 4.06. The van der Waals surface area contributed by atoms with E-state index in [2.05, 4.69) is 20.9 Å². The molecule has 0 unspecified atom stereocenters. The Hall–Kier alpha value is -1.35. The summed E-state index contributed by atoms with van der Waals surface area (Å²) in [5.41, 5.74) is 1.10. The SMILES string of the molecule is Brc1cc(COc2ccccc2)ccn1. The molecule has 0 aliphatic rings. The van der Waals surface area contributed by atoms with E-state index < -0.39 is 0 Å². The first-order valence-corrected chi connectivity index (χ1v) is 5.42. The highest BCUT2D eigenvalue weighted by molar-refractivity contribution is 9.10. The minimum atomic E-state index is 0.561. The van der Waals surface area contributed by atoms with Gasteiger partial charge >= 0.3 is 0 Å². The molecule has 0 fully saturated rings. The fourth-order valence-electron chi connectivity index (χ4n) is 1.22. The molecule has 1 heterocycles. The van der Waals surface area contributed by atoms with Gasteiger partial charge in [-0.15, -0.1) is 0 Å². The van der Waals surface area contributed by atoms with Crippen molar-refractivity contribution in [3.63, 3.8) is 0 Å². The van der Waals surface area contributed by atoms with Crippen LogP contribution >= 0.6 is 15.9 Å². The second kappa shape index (κ2) is 4.94. The number of nitrogens with zero attached hydrogens (tertiary/aromatic N) is 1. The van der Waals surface area contributed by atoms with Crippen molar-refractivity contribution in [2.75, 3.05) is 0 Å². The van der Waals surface area contributed by atoms with Crippen LogP contribution in [0.15, 0.2) is 53.3 Å². The van der Waals surface area contributed by atoms with Gasteiger partial charge in [0.1, 0.15) is 17.0 Å². The average Bonchev–Trinajstić information content (AvgIpc) is 2.28. The zero-order chi connectivity index (χ0) is 10.5. The Morgan fingerprint density at radius 1 is 1.13 bits per heavy atom. The molecule has 0 aliphatic heterocycles. The zero-order valence-electron chi connectivity index (χ0n) is 8.06. The van der Waals surface area contributed by atoms with Crippen LogP contribution < -0.4 is 4.74 Å². The summed E-state index contributed by atoms with van der Waals surface area (Å²) < 4.78 is 6.43. The van der Waals surface area contributed by atoms with Gasteiger partial charge in [-0.25, -0.2) is 4.98 Å². The minimum Gasteiger partial charge on any atom is -0.489 e. The van der Waals surface area contributed by atoms with Crippen molar-refractivity contribution >= 4 is 15.9 Å². The normalized spacial score (nSPS) is 9.93. The van der Waals surface area contributed by atoms with Crippen molar-refractivity contribution in [1.29, 1.82) is 0 Å². The van der Waals surface area contributed by atoms with Crippen molar-refractivity contribution in [3.05, 3.63) is 58.8 Å². The number of halogens is 1. The molecular weight excluding hydrogens is 254 g/mol. The molecule has 1 aromatic heterocycles. The second-order valence-corrected chi connectivity index (χ2v) is 3.90. The Balaban J connectivity index is 1.99. The molecule has 0 aliphatic carbocycles. The lowest BCUT2D eigenvalue weighted by atomic mass is 10.3. The summed E-state index contributed by atoms with van der Waals surface area (Å²) in [6.07, 6.45) is 1.76. The molecule has 1 aromatic carbocycles. The highest BCUT2D eigenvalue weighted by atomic mass is 79.9. The van der Waals surface area contributed by atoms with Crippen LogP contribution in [0.5, 0.6) is 5.75 Å². The zero-order valence-corrected chi connectivity index (χ0v) is 9.65. The molecule has 0 bridgehead atoms. The maximum atomic E-state index is 5.60. The van der Waals surface area contributed by atoms with E-state index in [1.54, 1.807) is 6.20 Å². The standard InChI is InChI=1S/C12H10BrNO/c13-12-8-10(6-7-14-12)9-15-11-4-2-1-3-5-11/h1-8H,9H2. The number of para-hydroxylation sites is 1. The predicted molar refractivity (Wildman–Crippen MR) is 62.7 cm³/mol. The summed E-state index contributed by atoms with van der Waals surface area (Å²) in [6, 6.07) is 13.6. The van der Waals surface area contributed by atoms with Gasteiger partial charge in [-0.2, -0.15) is 0 Å². The van der Waals surface area contributed by atoms with Crippen LogP contribution in [-0.4, -0.2) is 4.98 Å². The number of ether oxygens (including phenoxy) is 1. The lowest BCUT2D eigenvalue weighted by Gasteiger charge is -2.05. The molecule has 0 spiro atoms. The fraction of sp³-hybridized carbons (Fsp3) is 0.0833. The van der Waals surface area contributed by atoms with Gasteiger partial charge < -0.3 is 4.74 Å². The third-order valence-electron chi connectivity index (χ3n) is 1.94. The predicted octanol–water partition coefficient (Wildman–Crippen LogP) is 3.42. The Morgan fingerprint density at radius 3 is 2.67 bits per heavy atom. The van der Waals surface area contributed by atoms with E-state index in [9.17, 15) is 0 Å². The number of pyridine rings is 1. The fourth-order valence-corrected chi connectivity index (χ4v) is 1.63. The lowest BCUT2D eigenvalue weighted by molar-refractivity contribution is 0.306.